The average Bonchev–Trinajstić information content (AvgIpc) is 2.95. The van der Waals surface area contributed by atoms with E-state index in [2.05, 4.69) is 9.47 Å². The number of hydrogen-bond donors (Lipinski definition) is 0. The Morgan fingerprint density at radius 2 is 2.00 bits per heavy atom. The number of ether oxygens (including phenoxy) is 2. The first-order valence-electron chi connectivity index (χ1n) is 6.23. The van der Waals surface area contributed by atoms with Gasteiger partial charge in [0.1, 0.15) is 10.6 Å². The van der Waals surface area contributed by atoms with Gasteiger partial charge in [-0.3, -0.25) is 0 Å². The number of sulfonamides is 1. The molecule has 1 heterocycles. The molecular weight excluding hydrogens is 359 g/mol. The summed E-state index contributed by atoms with van der Waals surface area (Å²) in [5.74, 6) is -1.31. The van der Waals surface area contributed by atoms with Gasteiger partial charge in [-0.15, -0.1) is 24.9 Å². The number of alkyl halides is 3. The van der Waals surface area contributed by atoms with Gasteiger partial charge in [0.25, 0.3) is 0 Å². The van der Waals surface area contributed by atoms with E-state index in [1.165, 1.54) is 12.1 Å². The topological polar surface area (TPSA) is 72.9 Å². The van der Waals surface area contributed by atoms with E-state index in [1.807, 2.05) is 0 Å². The van der Waals surface area contributed by atoms with Crippen LogP contribution in [0.3, 0.4) is 0 Å². The fraction of sp³-hybridized carbons (Fsp3) is 0.417. The highest BCUT2D eigenvalue weighted by Gasteiger charge is 2.43. The first-order chi connectivity index (χ1) is 10.7. The van der Waals surface area contributed by atoms with Gasteiger partial charge < -0.3 is 9.47 Å². The molecule has 0 spiro atoms. The number of methoxy groups -OCH3 is 1. The molecule has 1 fully saturated rings. The van der Waals surface area contributed by atoms with Crippen molar-refractivity contribution in [2.75, 3.05) is 19.4 Å². The summed E-state index contributed by atoms with van der Waals surface area (Å²) in [7, 11) is -3.26. The van der Waals surface area contributed by atoms with Crippen molar-refractivity contribution in [3.05, 3.63) is 24.3 Å². The third kappa shape index (κ3) is 3.90. The maximum Gasteiger partial charge on any atom is 0.573 e. The molecule has 6 nitrogen and oxygen atoms in total. The Morgan fingerprint density at radius 1 is 1.35 bits per heavy atom. The van der Waals surface area contributed by atoms with Crippen LogP contribution >= 0.6 is 11.8 Å². The number of benzene rings is 1. The molecule has 23 heavy (non-hydrogen) atoms. The summed E-state index contributed by atoms with van der Waals surface area (Å²) in [5.41, 5.74) is 0. The zero-order valence-corrected chi connectivity index (χ0v) is 13.4. The number of carbonyl (C=O) groups is 1. The second-order valence-corrected chi connectivity index (χ2v) is 7.40. The van der Waals surface area contributed by atoms with Crippen molar-refractivity contribution in [1.29, 1.82) is 0 Å². The molecule has 1 aromatic rings. The standard InChI is InChI=1S/C12H12F3NO5S2/c1-20-11(17)10-16(6-7-22-10)23(18,19)9-5-3-2-4-8(9)21-12(13,14)15/h2-5,10H,6-7H2,1H3. The average molecular weight is 371 g/mol. The molecule has 1 unspecified atom stereocenters. The van der Waals surface area contributed by atoms with Crippen molar-refractivity contribution in [2.24, 2.45) is 0 Å². The Bertz CT molecular complexity index is 692. The van der Waals surface area contributed by atoms with Gasteiger partial charge in [0.2, 0.25) is 10.0 Å². The molecule has 1 saturated heterocycles. The van der Waals surface area contributed by atoms with E-state index in [-0.39, 0.29) is 6.54 Å². The molecule has 1 atom stereocenters. The van der Waals surface area contributed by atoms with Crippen LogP contribution in [0.4, 0.5) is 13.2 Å². The Hall–Kier alpha value is -1.46. The molecule has 0 bridgehead atoms. The van der Waals surface area contributed by atoms with Crippen LogP contribution in [0, 0.1) is 0 Å². The van der Waals surface area contributed by atoms with Crippen LogP contribution in [0.2, 0.25) is 0 Å². The van der Waals surface area contributed by atoms with Crippen LogP contribution in [0.1, 0.15) is 0 Å². The van der Waals surface area contributed by atoms with E-state index in [0.29, 0.717) is 5.75 Å². The number of hydrogen-bond acceptors (Lipinski definition) is 6. The molecule has 0 aliphatic carbocycles. The summed E-state index contributed by atoms with van der Waals surface area (Å²) >= 11 is 1.03. The van der Waals surface area contributed by atoms with Crippen LogP contribution < -0.4 is 4.74 Å². The first-order valence-corrected chi connectivity index (χ1v) is 8.72. The maximum absolute atomic E-state index is 12.6. The summed E-state index contributed by atoms with van der Waals surface area (Å²) < 4.78 is 71.7. The number of carbonyl (C=O) groups excluding carboxylic acids is 1. The van der Waals surface area contributed by atoms with Gasteiger partial charge in [-0.05, 0) is 12.1 Å². The molecule has 0 N–H and O–H groups in total. The molecule has 0 radical (unpaired) electrons. The highest BCUT2D eigenvalue weighted by Crippen LogP contribution is 2.36. The fourth-order valence-electron chi connectivity index (χ4n) is 1.99. The quantitative estimate of drug-likeness (QED) is 0.752. The Kier molecular flexibility index (Phi) is 5.11. The van der Waals surface area contributed by atoms with Crippen LogP contribution in [0.25, 0.3) is 0 Å². The first kappa shape index (κ1) is 17.9. The highest BCUT2D eigenvalue weighted by molar-refractivity contribution is 8.02. The van der Waals surface area contributed by atoms with E-state index in [4.69, 9.17) is 0 Å². The predicted molar refractivity (Wildman–Crippen MR) is 75.3 cm³/mol. The van der Waals surface area contributed by atoms with E-state index in [1.54, 1.807) is 0 Å². The second kappa shape index (κ2) is 6.57. The molecular formula is C12H12F3NO5S2. The molecule has 1 aromatic carbocycles. The fourth-order valence-corrected chi connectivity index (χ4v) is 5.19. The smallest absolute Gasteiger partial charge is 0.467 e. The van der Waals surface area contributed by atoms with Gasteiger partial charge >= 0.3 is 12.3 Å². The number of halogens is 3. The van der Waals surface area contributed by atoms with Gasteiger partial charge in [0.15, 0.2) is 5.37 Å². The monoisotopic (exact) mass is 371 g/mol. The molecule has 1 aliphatic heterocycles. The van der Waals surface area contributed by atoms with Gasteiger partial charge in [-0.25, -0.2) is 13.2 Å². The largest absolute Gasteiger partial charge is 0.573 e. The van der Waals surface area contributed by atoms with Gasteiger partial charge in [-0.2, -0.15) is 4.31 Å². The minimum Gasteiger partial charge on any atom is -0.467 e. The van der Waals surface area contributed by atoms with Gasteiger partial charge in [-0.1, -0.05) is 12.1 Å². The molecule has 0 saturated carbocycles. The van der Waals surface area contributed by atoms with Crippen molar-refractivity contribution >= 4 is 27.8 Å². The number of rotatable bonds is 4. The van der Waals surface area contributed by atoms with E-state index >= 15 is 0 Å². The Balaban J connectivity index is 2.42. The number of esters is 1. The minimum absolute atomic E-state index is 0.0207. The van der Waals surface area contributed by atoms with E-state index in [0.717, 1.165) is 35.3 Å². The molecule has 128 valence electrons. The van der Waals surface area contributed by atoms with Crippen molar-refractivity contribution < 1.29 is 35.9 Å². The van der Waals surface area contributed by atoms with Crippen LogP contribution in [-0.4, -0.2) is 49.8 Å². The van der Waals surface area contributed by atoms with Crippen LogP contribution in [-0.2, 0) is 19.6 Å². The zero-order valence-electron chi connectivity index (χ0n) is 11.7. The lowest BCUT2D eigenvalue weighted by molar-refractivity contribution is -0.275. The van der Waals surface area contributed by atoms with Crippen molar-refractivity contribution in [2.45, 2.75) is 16.6 Å². The summed E-state index contributed by atoms with van der Waals surface area (Å²) in [4.78, 5) is 11.0. The van der Waals surface area contributed by atoms with E-state index < -0.39 is 38.4 Å². The van der Waals surface area contributed by atoms with Crippen LogP contribution in [0.5, 0.6) is 5.75 Å². The lowest BCUT2D eigenvalue weighted by Gasteiger charge is -2.22. The van der Waals surface area contributed by atoms with Crippen molar-refractivity contribution in [1.82, 2.24) is 4.31 Å². The second-order valence-electron chi connectivity index (χ2n) is 4.36. The lowest BCUT2D eigenvalue weighted by Crippen LogP contribution is -2.40. The Morgan fingerprint density at radius 3 is 2.61 bits per heavy atom. The predicted octanol–water partition coefficient (Wildman–Crippen LogP) is 1.82. The molecule has 11 heteroatoms. The van der Waals surface area contributed by atoms with Crippen molar-refractivity contribution in [3.63, 3.8) is 0 Å². The summed E-state index contributed by atoms with van der Waals surface area (Å²) in [6.07, 6.45) is -5.03. The lowest BCUT2D eigenvalue weighted by atomic mass is 10.3. The maximum atomic E-state index is 12.6. The number of thioether (sulfide) groups is 1. The molecule has 0 amide bonds. The van der Waals surface area contributed by atoms with Crippen LogP contribution in [0.15, 0.2) is 29.2 Å². The van der Waals surface area contributed by atoms with Crippen molar-refractivity contribution in [3.8, 4) is 5.75 Å². The SMILES string of the molecule is COC(=O)C1SCCN1S(=O)(=O)c1ccccc1OC(F)(F)F. The summed E-state index contributed by atoms with van der Waals surface area (Å²) in [6.45, 7) is -0.0207. The summed E-state index contributed by atoms with van der Waals surface area (Å²) in [5, 5.41) is -1.14. The zero-order chi connectivity index (χ0) is 17.3. The van der Waals surface area contributed by atoms with Gasteiger partial charge in [0.05, 0.1) is 7.11 Å². The highest BCUT2D eigenvalue weighted by atomic mass is 32.2. The summed E-state index contributed by atoms with van der Waals surface area (Å²) in [6, 6.07) is 4.38. The van der Waals surface area contributed by atoms with E-state index in [9.17, 15) is 26.4 Å². The molecule has 2 rings (SSSR count). The number of para-hydroxylation sites is 1. The third-order valence-electron chi connectivity index (χ3n) is 2.91. The Labute approximate surface area is 134 Å². The number of nitrogens with zero attached hydrogens (tertiary/aromatic N) is 1. The molecule has 1 aliphatic rings. The molecule has 0 aromatic heterocycles. The van der Waals surface area contributed by atoms with Gasteiger partial charge in [0, 0.05) is 12.3 Å². The normalized spacial score (nSPS) is 19.6. The third-order valence-corrected chi connectivity index (χ3v) is 6.13. The minimum atomic E-state index is -5.03.